The van der Waals surface area contributed by atoms with E-state index in [9.17, 15) is 14.4 Å². The second kappa shape index (κ2) is 8.09. The number of hydrogen-bond acceptors (Lipinski definition) is 4. The Morgan fingerprint density at radius 2 is 1.70 bits per heavy atom. The van der Waals surface area contributed by atoms with Crippen LogP contribution in [-0.2, 0) is 9.53 Å². The number of ketones is 1. The van der Waals surface area contributed by atoms with Crippen LogP contribution in [0.5, 0.6) is 0 Å². The van der Waals surface area contributed by atoms with Gasteiger partial charge in [-0.25, -0.2) is 9.59 Å². The second-order valence-corrected chi connectivity index (χ2v) is 4.50. The minimum atomic E-state index is -1.15. The van der Waals surface area contributed by atoms with Crippen LogP contribution in [0.4, 0.5) is 0 Å². The maximum Gasteiger partial charge on any atom is 0.339 e. The highest BCUT2D eigenvalue weighted by atomic mass is 16.5. The van der Waals surface area contributed by atoms with Crippen LogP contribution in [0.1, 0.15) is 53.3 Å². The molecule has 0 bridgehead atoms. The summed E-state index contributed by atoms with van der Waals surface area (Å²) in [6, 6.07) is 5.95. The van der Waals surface area contributed by atoms with Gasteiger partial charge in [-0.3, -0.25) is 0 Å². The molecule has 1 rings (SSSR count). The van der Waals surface area contributed by atoms with Crippen molar-refractivity contribution >= 4 is 17.7 Å². The van der Waals surface area contributed by atoms with Gasteiger partial charge in [0.2, 0.25) is 0 Å². The van der Waals surface area contributed by atoms with E-state index in [0.717, 1.165) is 12.8 Å². The van der Waals surface area contributed by atoms with Gasteiger partial charge in [0.1, 0.15) is 5.78 Å². The van der Waals surface area contributed by atoms with Crippen molar-refractivity contribution in [2.24, 2.45) is 0 Å². The zero-order valence-electron chi connectivity index (χ0n) is 11.4. The molecule has 0 amide bonds. The van der Waals surface area contributed by atoms with Crippen molar-refractivity contribution in [2.45, 2.75) is 32.6 Å². The van der Waals surface area contributed by atoms with Gasteiger partial charge in [0, 0.05) is 6.42 Å². The van der Waals surface area contributed by atoms with Crippen LogP contribution in [0.15, 0.2) is 24.3 Å². The number of unbranched alkanes of at least 4 members (excludes halogenated alkanes) is 2. The lowest BCUT2D eigenvalue weighted by atomic mass is 10.1. The quantitative estimate of drug-likeness (QED) is 0.584. The summed E-state index contributed by atoms with van der Waals surface area (Å²) in [5, 5.41) is 8.97. The molecular weight excluding hydrogens is 260 g/mol. The number of carboxylic acid groups (broad SMARTS) is 1. The Morgan fingerprint density at radius 3 is 2.30 bits per heavy atom. The molecule has 0 aromatic heterocycles. The predicted molar refractivity (Wildman–Crippen MR) is 72.8 cm³/mol. The Balaban J connectivity index is 2.40. The smallest absolute Gasteiger partial charge is 0.339 e. The Kier molecular flexibility index (Phi) is 6.43. The topological polar surface area (TPSA) is 80.7 Å². The van der Waals surface area contributed by atoms with E-state index in [-0.39, 0.29) is 23.5 Å². The zero-order valence-corrected chi connectivity index (χ0v) is 11.4. The van der Waals surface area contributed by atoms with Gasteiger partial charge in [0.05, 0.1) is 17.7 Å². The third-order valence-corrected chi connectivity index (χ3v) is 2.78. The number of carbonyl (C=O) groups is 3. The Morgan fingerprint density at radius 1 is 1.05 bits per heavy atom. The first kappa shape index (κ1) is 15.9. The van der Waals surface area contributed by atoms with E-state index in [4.69, 9.17) is 9.84 Å². The molecule has 20 heavy (non-hydrogen) atoms. The van der Waals surface area contributed by atoms with Crippen molar-refractivity contribution in [1.82, 2.24) is 0 Å². The number of aromatic carboxylic acids is 1. The fourth-order valence-electron chi connectivity index (χ4n) is 1.74. The van der Waals surface area contributed by atoms with Crippen LogP contribution in [0.2, 0.25) is 0 Å². The van der Waals surface area contributed by atoms with Gasteiger partial charge in [-0.2, -0.15) is 0 Å². The van der Waals surface area contributed by atoms with Crippen molar-refractivity contribution < 1.29 is 24.2 Å². The molecule has 0 heterocycles. The molecule has 1 aromatic carbocycles. The minimum Gasteiger partial charge on any atom is -0.478 e. The molecule has 0 atom stereocenters. The largest absolute Gasteiger partial charge is 0.478 e. The number of esters is 1. The van der Waals surface area contributed by atoms with Crippen LogP contribution in [-0.4, -0.2) is 29.4 Å². The van der Waals surface area contributed by atoms with Crippen LogP contribution >= 0.6 is 0 Å². The van der Waals surface area contributed by atoms with Gasteiger partial charge in [-0.1, -0.05) is 12.1 Å². The molecule has 0 fully saturated rings. The third kappa shape index (κ3) is 5.22. The highest BCUT2D eigenvalue weighted by molar-refractivity contribution is 6.02. The average Bonchev–Trinajstić information content (AvgIpc) is 2.42. The van der Waals surface area contributed by atoms with Crippen LogP contribution in [0, 0.1) is 0 Å². The second-order valence-electron chi connectivity index (χ2n) is 4.50. The Hall–Kier alpha value is -2.17. The summed E-state index contributed by atoms with van der Waals surface area (Å²) in [4.78, 5) is 33.5. The number of hydrogen-bond donors (Lipinski definition) is 1. The van der Waals surface area contributed by atoms with E-state index in [0.29, 0.717) is 12.8 Å². The fraction of sp³-hybridized carbons (Fsp3) is 0.400. The van der Waals surface area contributed by atoms with Gasteiger partial charge < -0.3 is 14.6 Å². The Labute approximate surface area is 117 Å². The van der Waals surface area contributed by atoms with E-state index < -0.39 is 11.9 Å². The van der Waals surface area contributed by atoms with Gasteiger partial charge in [0.15, 0.2) is 0 Å². The summed E-state index contributed by atoms with van der Waals surface area (Å²) in [6.45, 7) is 1.77. The van der Waals surface area contributed by atoms with Crippen LogP contribution in [0.25, 0.3) is 0 Å². The van der Waals surface area contributed by atoms with Crippen molar-refractivity contribution in [1.29, 1.82) is 0 Å². The number of ether oxygens (including phenoxy) is 1. The standard InChI is InChI=1S/C15H18O5/c1-11(16)7-3-2-6-10-20-15(19)13-9-5-4-8-12(13)14(17)18/h4-5,8-9H,2-3,6-7,10H2,1H3,(H,17,18). The van der Waals surface area contributed by atoms with Crippen molar-refractivity contribution in [3.8, 4) is 0 Å². The molecule has 0 aliphatic heterocycles. The van der Waals surface area contributed by atoms with E-state index >= 15 is 0 Å². The van der Waals surface area contributed by atoms with Crippen LogP contribution in [0.3, 0.4) is 0 Å². The van der Waals surface area contributed by atoms with Gasteiger partial charge >= 0.3 is 11.9 Å². The molecule has 0 saturated heterocycles. The van der Waals surface area contributed by atoms with Crippen LogP contribution < -0.4 is 0 Å². The lowest BCUT2D eigenvalue weighted by molar-refractivity contribution is -0.117. The number of carboxylic acids is 1. The molecular formula is C15H18O5. The first-order chi connectivity index (χ1) is 9.52. The maximum atomic E-state index is 11.8. The summed E-state index contributed by atoms with van der Waals surface area (Å²) in [5.74, 6) is -1.63. The molecule has 0 radical (unpaired) electrons. The fourth-order valence-corrected chi connectivity index (χ4v) is 1.74. The molecule has 0 saturated carbocycles. The van der Waals surface area contributed by atoms with Gasteiger partial charge in [-0.15, -0.1) is 0 Å². The molecule has 5 heteroatoms. The summed E-state index contributed by atoms with van der Waals surface area (Å²) in [6.07, 6.45) is 2.77. The SMILES string of the molecule is CC(=O)CCCCCOC(=O)c1ccccc1C(=O)O. The number of benzene rings is 1. The van der Waals surface area contributed by atoms with E-state index in [1.807, 2.05) is 0 Å². The van der Waals surface area contributed by atoms with E-state index in [1.165, 1.54) is 12.1 Å². The molecule has 1 N–H and O–H groups in total. The van der Waals surface area contributed by atoms with Crippen molar-refractivity contribution in [3.63, 3.8) is 0 Å². The molecule has 0 unspecified atom stereocenters. The summed E-state index contributed by atoms with van der Waals surface area (Å²) in [5.41, 5.74) is -0.00202. The molecule has 5 nitrogen and oxygen atoms in total. The highest BCUT2D eigenvalue weighted by Crippen LogP contribution is 2.11. The predicted octanol–water partition coefficient (Wildman–Crippen LogP) is 2.69. The van der Waals surface area contributed by atoms with E-state index in [2.05, 4.69) is 0 Å². The lowest BCUT2D eigenvalue weighted by Crippen LogP contribution is -2.12. The minimum absolute atomic E-state index is 0.0590. The first-order valence-electron chi connectivity index (χ1n) is 6.51. The first-order valence-corrected chi connectivity index (χ1v) is 6.51. The lowest BCUT2D eigenvalue weighted by Gasteiger charge is -2.06. The van der Waals surface area contributed by atoms with Gasteiger partial charge in [-0.05, 0) is 38.3 Å². The maximum absolute atomic E-state index is 11.8. The number of Topliss-reactive ketones (excluding diaryl/α,β-unsaturated/α-hetero) is 1. The van der Waals surface area contributed by atoms with Gasteiger partial charge in [0.25, 0.3) is 0 Å². The third-order valence-electron chi connectivity index (χ3n) is 2.78. The van der Waals surface area contributed by atoms with E-state index in [1.54, 1.807) is 19.1 Å². The summed E-state index contributed by atoms with van der Waals surface area (Å²) in [7, 11) is 0. The number of rotatable bonds is 8. The molecule has 1 aromatic rings. The Bertz CT molecular complexity index is 493. The molecule has 108 valence electrons. The molecule has 0 aliphatic carbocycles. The summed E-state index contributed by atoms with van der Waals surface area (Å²) < 4.78 is 5.04. The average molecular weight is 278 g/mol. The zero-order chi connectivity index (χ0) is 15.0. The van der Waals surface area contributed by atoms with Crippen molar-refractivity contribution in [3.05, 3.63) is 35.4 Å². The molecule has 0 aliphatic rings. The molecule has 0 spiro atoms. The monoisotopic (exact) mass is 278 g/mol. The normalized spacial score (nSPS) is 10.1. The summed E-state index contributed by atoms with van der Waals surface area (Å²) >= 11 is 0. The highest BCUT2D eigenvalue weighted by Gasteiger charge is 2.16. The van der Waals surface area contributed by atoms with Crippen molar-refractivity contribution in [2.75, 3.05) is 6.61 Å². The number of carbonyl (C=O) groups excluding carboxylic acids is 2.